The van der Waals surface area contributed by atoms with Crippen LogP contribution in [0.4, 0.5) is 0 Å². The van der Waals surface area contributed by atoms with E-state index in [9.17, 15) is 4.79 Å². The third-order valence-corrected chi connectivity index (χ3v) is 6.11. The van der Waals surface area contributed by atoms with Gasteiger partial charge >= 0.3 is 0 Å². The molecule has 5 rings (SSSR count). The van der Waals surface area contributed by atoms with Gasteiger partial charge < -0.3 is 9.88 Å². The standard InChI is InChI=1S/C24H25N3O/c1-26(2)24(28)18-11-20-19-9-6-10-21-23(19)17(13-25-21)12-22(20)27(15-18)14-16-7-4-3-5-8-16/h3-11,13,18,22,25H,12,14-15H2,1-2H3/t18-,22+/m0/s1. The molecule has 0 fully saturated rings. The van der Waals surface area contributed by atoms with Crippen molar-refractivity contribution in [1.82, 2.24) is 14.8 Å². The molecule has 2 heterocycles. The lowest BCUT2D eigenvalue weighted by Gasteiger charge is -2.42. The summed E-state index contributed by atoms with van der Waals surface area (Å²) in [7, 11) is 3.70. The average Bonchev–Trinajstić information content (AvgIpc) is 3.13. The molecule has 3 aromatic rings. The van der Waals surface area contributed by atoms with E-state index in [1.165, 1.54) is 33.2 Å². The van der Waals surface area contributed by atoms with Gasteiger partial charge in [-0.25, -0.2) is 0 Å². The van der Waals surface area contributed by atoms with Crippen molar-refractivity contribution in [3.63, 3.8) is 0 Å². The zero-order valence-corrected chi connectivity index (χ0v) is 16.4. The van der Waals surface area contributed by atoms with Crippen LogP contribution in [0.1, 0.15) is 16.7 Å². The molecule has 28 heavy (non-hydrogen) atoms. The average molecular weight is 371 g/mol. The minimum Gasteiger partial charge on any atom is -0.361 e. The first-order chi connectivity index (χ1) is 13.6. The summed E-state index contributed by atoms with van der Waals surface area (Å²) in [5.74, 6) is 0.0664. The number of amides is 1. The van der Waals surface area contributed by atoms with Gasteiger partial charge in [0.05, 0.1) is 5.92 Å². The van der Waals surface area contributed by atoms with Gasteiger partial charge in [0.1, 0.15) is 0 Å². The topological polar surface area (TPSA) is 39.3 Å². The maximum Gasteiger partial charge on any atom is 0.230 e. The smallest absolute Gasteiger partial charge is 0.230 e. The Kier molecular flexibility index (Phi) is 4.09. The van der Waals surface area contributed by atoms with E-state index in [1.807, 2.05) is 14.1 Å². The van der Waals surface area contributed by atoms with Crippen molar-refractivity contribution in [2.24, 2.45) is 5.92 Å². The number of carbonyl (C=O) groups is 1. The van der Waals surface area contributed by atoms with E-state index in [1.54, 1.807) is 4.90 Å². The summed E-state index contributed by atoms with van der Waals surface area (Å²) >= 11 is 0. The molecule has 2 aromatic carbocycles. The van der Waals surface area contributed by atoms with Crippen LogP contribution in [0.15, 0.2) is 60.8 Å². The van der Waals surface area contributed by atoms with Crippen LogP contribution in [0, 0.1) is 5.92 Å². The number of aromatic nitrogens is 1. The van der Waals surface area contributed by atoms with Crippen LogP contribution in [0.2, 0.25) is 0 Å². The Morgan fingerprint density at radius 2 is 1.96 bits per heavy atom. The molecule has 0 bridgehead atoms. The van der Waals surface area contributed by atoms with Gasteiger partial charge in [0.2, 0.25) is 5.91 Å². The second kappa shape index (κ2) is 6.64. The van der Waals surface area contributed by atoms with Gasteiger partial charge in [-0.15, -0.1) is 0 Å². The van der Waals surface area contributed by atoms with Crippen LogP contribution >= 0.6 is 0 Å². The number of fused-ring (bicyclic) bond motifs is 2. The van der Waals surface area contributed by atoms with Gasteiger partial charge in [-0.2, -0.15) is 0 Å². The number of nitrogens with one attached hydrogen (secondary N) is 1. The van der Waals surface area contributed by atoms with Gasteiger partial charge in [0.25, 0.3) is 0 Å². The maximum atomic E-state index is 12.9. The number of rotatable bonds is 3. The maximum absolute atomic E-state index is 12.9. The summed E-state index contributed by atoms with van der Waals surface area (Å²) in [5, 5.41) is 1.32. The highest BCUT2D eigenvalue weighted by Crippen LogP contribution is 2.41. The summed E-state index contributed by atoms with van der Waals surface area (Å²) in [5.41, 5.74) is 6.43. The number of hydrogen-bond acceptors (Lipinski definition) is 2. The monoisotopic (exact) mass is 371 g/mol. The van der Waals surface area contributed by atoms with E-state index in [4.69, 9.17) is 0 Å². The van der Waals surface area contributed by atoms with E-state index in [0.717, 1.165) is 19.5 Å². The van der Waals surface area contributed by atoms with Crippen molar-refractivity contribution in [2.45, 2.75) is 19.0 Å². The minimum absolute atomic E-state index is 0.110. The lowest BCUT2D eigenvalue weighted by atomic mass is 9.79. The van der Waals surface area contributed by atoms with Crippen molar-refractivity contribution >= 4 is 22.4 Å². The van der Waals surface area contributed by atoms with Gasteiger partial charge in [0.15, 0.2) is 0 Å². The number of nitrogens with zero attached hydrogens (tertiary/aromatic N) is 2. The van der Waals surface area contributed by atoms with Crippen molar-refractivity contribution in [3.8, 4) is 0 Å². The highest BCUT2D eigenvalue weighted by atomic mass is 16.2. The summed E-state index contributed by atoms with van der Waals surface area (Å²) < 4.78 is 0. The van der Waals surface area contributed by atoms with Crippen LogP contribution in [0.5, 0.6) is 0 Å². The second-order valence-electron chi connectivity index (χ2n) is 8.14. The summed E-state index contributed by atoms with van der Waals surface area (Å²) in [4.78, 5) is 20.5. The quantitative estimate of drug-likeness (QED) is 0.763. The first-order valence-corrected chi connectivity index (χ1v) is 9.92. The molecule has 0 unspecified atom stereocenters. The van der Waals surface area contributed by atoms with E-state index < -0.39 is 0 Å². The molecule has 4 heteroatoms. The predicted molar refractivity (Wildman–Crippen MR) is 113 cm³/mol. The number of carbonyl (C=O) groups excluding carboxylic acids is 1. The molecule has 0 spiro atoms. The van der Waals surface area contributed by atoms with Crippen molar-refractivity contribution < 1.29 is 4.79 Å². The molecule has 1 aliphatic carbocycles. The molecule has 1 amide bonds. The van der Waals surface area contributed by atoms with Gasteiger partial charge in [-0.3, -0.25) is 9.69 Å². The van der Waals surface area contributed by atoms with Crippen LogP contribution < -0.4 is 0 Å². The van der Waals surface area contributed by atoms with Crippen LogP contribution in [-0.2, 0) is 17.8 Å². The molecule has 4 nitrogen and oxygen atoms in total. The van der Waals surface area contributed by atoms with E-state index in [-0.39, 0.29) is 11.8 Å². The zero-order chi connectivity index (χ0) is 19.3. The fraction of sp³-hybridized carbons (Fsp3) is 0.292. The Balaban J connectivity index is 1.61. The number of hydrogen-bond donors (Lipinski definition) is 1. The molecule has 0 saturated heterocycles. The van der Waals surface area contributed by atoms with Crippen molar-refractivity contribution in [3.05, 3.63) is 77.5 Å². The Morgan fingerprint density at radius 3 is 2.75 bits per heavy atom. The molecule has 0 saturated carbocycles. The third-order valence-electron chi connectivity index (χ3n) is 6.11. The first-order valence-electron chi connectivity index (χ1n) is 9.92. The molecule has 142 valence electrons. The van der Waals surface area contributed by atoms with Gasteiger partial charge in [-0.1, -0.05) is 48.5 Å². The molecule has 1 aliphatic heterocycles. The summed E-state index contributed by atoms with van der Waals surface area (Å²) in [6, 6.07) is 17.3. The second-order valence-corrected chi connectivity index (χ2v) is 8.14. The molecular weight excluding hydrogens is 346 g/mol. The van der Waals surface area contributed by atoms with Crippen molar-refractivity contribution in [2.75, 3.05) is 20.6 Å². The van der Waals surface area contributed by atoms with E-state index in [2.05, 4.69) is 70.7 Å². The van der Waals surface area contributed by atoms with Gasteiger partial charge in [0, 0.05) is 50.3 Å². The first kappa shape index (κ1) is 17.3. The Bertz CT molecular complexity index is 1060. The van der Waals surface area contributed by atoms with E-state index >= 15 is 0 Å². The van der Waals surface area contributed by atoms with Gasteiger partial charge in [-0.05, 0) is 34.8 Å². The molecule has 2 aliphatic rings. The third kappa shape index (κ3) is 2.76. The SMILES string of the molecule is CN(C)C(=O)[C@H]1C=C2c3cccc4[nH]cc(c34)C[C@H]2N(Cc2ccccc2)C1. The lowest BCUT2D eigenvalue weighted by Crippen LogP contribution is -2.47. The molecular formula is C24H25N3O. The largest absolute Gasteiger partial charge is 0.361 e. The fourth-order valence-electron chi connectivity index (χ4n) is 4.80. The summed E-state index contributed by atoms with van der Waals surface area (Å²) in [6.07, 6.45) is 5.38. The Hall–Kier alpha value is -2.85. The molecule has 1 aromatic heterocycles. The predicted octanol–water partition coefficient (Wildman–Crippen LogP) is 3.70. The number of benzene rings is 2. The molecule has 2 atom stereocenters. The zero-order valence-electron chi connectivity index (χ0n) is 16.4. The van der Waals surface area contributed by atoms with Crippen LogP contribution in [0.3, 0.4) is 0 Å². The Morgan fingerprint density at radius 1 is 1.14 bits per heavy atom. The highest BCUT2D eigenvalue weighted by molar-refractivity contribution is 5.99. The van der Waals surface area contributed by atoms with Crippen molar-refractivity contribution in [1.29, 1.82) is 0 Å². The lowest BCUT2D eigenvalue weighted by molar-refractivity contribution is -0.132. The highest BCUT2D eigenvalue weighted by Gasteiger charge is 2.37. The number of H-pyrrole nitrogens is 1. The normalized spacial score (nSPS) is 21.3. The molecule has 0 radical (unpaired) electrons. The Labute approximate surface area is 165 Å². The fourth-order valence-corrected chi connectivity index (χ4v) is 4.80. The van der Waals surface area contributed by atoms with Crippen LogP contribution in [-0.4, -0.2) is 47.4 Å². The summed E-state index contributed by atoms with van der Waals surface area (Å²) in [6.45, 7) is 1.62. The van der Waals surface area contributed by atoms with Crippen LogP contribution in [0.25, 0.3) is 16.5 Å². The minimum atomic E-state index is -0.110. The molecule has 1 N–H and O–H groups in total. The number of aromatic amines is 1. The van der Waals surface area contributed by atoms with E-state index in [0.29, 0.717) is 6.04 Å².